The van der Waals surface area contributed by atoms with E-state index in [0.29, 0.717) is 6.61 Å². The molecule has 1 N–H and O–H groups in total. The van der Waals surface area contributed by atoms with Crippen LogP contribution in [0.25, 0.3) is 11.1 Å². The van der Waals surface area contributed by atoms with Crippen molar-refractivity contribution in [3.05, 3.63) is 48.0 Å². The first kappa shape index (κ1) is 19.2. The molecule has 0 unspecified atom stereocenters. The molecule has 1 saturated carbocycles. The molecule has 5 nitrogen and oxygen atoms in total. The van der Waals surface area contributed by atoms with E-state index in [-0.39, 0.29) is 30.5 Å². The first-order valence-corrected chi connectivity index (χ1v) is 9.22. The number of aliphatic hydroxyl groups excluding tert-OH is 1. The Bertz CT molecular complexity index is 782. The highest BCUT2D eigenvalue weighted by molar-refractivity contribution is 5.75. The molecule has 0 radical (unpaired) electrons. The minimum Gasteiger partial charge on any atom is -0.493 e. The SMILES string of the molecule is COC(=O)[C@@H]1C[C@H]1COc1ccc(-c2cc(CO)cc(OC(C)C)c2)cc1. The molecule has 2 aromatic rings. The number of esters is 1. The van der Waals surface area contributed by atoms with Gasteiger partial charge in [-0.05, 0) is 67.3 Å². The fraction of sp³-hybridized carbons (Fsp3) is 0.409. The molecule has 0 aromatic heterocycles. The maximum atomic E-state index is 11.4. The Labute approximate surface area is 159 Å². The van der Waals surface area contributed by atoms with Crippen LogP contribution in [0, 0.1) is 11.8 Å². The third kappa shape index (κ3) is 5.01. The predicted molar refractivity (Wildman–Crippen MR) is 103 cm³/mol. The van der Waals surface area contributed by atoms with Gasteiger partial charge in [0.25, 0.3) is 0 Å². The highest BCUT2D eigenvalue weighted by atomic mass is 16.5. The van der Waals surface area contributed by atoms with Crippen LogP contribution in [-0.2, 0) is 16.1 Å². The number of rotatable bonds is 8. The van der Waals surface area contributed by atoms with Crippen molar-refractivity contribution in [3.8, 4) is 22.6 Å². The number of ether oxygens (including phenoxy) is 3. The number of carbonyl (C=O) groups is 1. The summed E-state index contributed by atoms with van der Waals surface area (Å²) in [5.74, 6) is 1.59. The van der Waals surface area contributed by atoms with E-state index in [0.717, 1.165) is 34.6 Å². The van der Waals surface area contributed by atoms with Crippen molar-refractivity contribution in [2.45, 2.75) is 33.0 Å². The summed E-state index contributed by atoms with van der Waals surface area (Å²) in [4.78, 5) is 11.4. The maximum Gasteiger partial charge on any atom is 0.309 e. The molecule has 2 aromatic carbocycles. The number of aliphatic hydroxyl groups is 1. The van der Waals surface area contributed by atoms with Gasteiger partial charge in [-0.15, -0.1) is 0 Å². The Balaban J connectivity index is 1.65. The lowest BCUT2D eigenvalue weighted by molar-refractivity contribution is -0.142. The molecule has 0 spiro atoms. The first-order chi connectivity index (χ1) is 13.0. The van der Waals surface area contributed by atoms with Gasteiger partial charge >= 0.3 is 5.97 Å². The van der Waals surface area contributed by atoms with Gasteiger partial charge < -0.3 is 19.3 Å². The molecule has 0 bridgehead atoms. The lowest BCUT2D eigenvalue weighted by atomic mass is 10.0. The van der Waals surface area contributed by atoms with E-state index < -0.39 is 0 Å². The zero-order valence-electron chi connectivity index (χ0n) is 16.0. The minimum atomic E-state index is -0.151. The largest absolute Gasteiger partial charge is 0.493 e. The molecule has 5 heteroatoms. The Hall–Kier alpha value is -2.53. The van der Waals surface area contributed by atoms with Crippen molar-refractivity contribution in [3.63, 3.8) is 0 Å². The Kier molecular flexibility index (Phi) is 6.01. The number of benzene rings is 2. The van der Waals surface area contributed by atoms with Crippen LogP contribution in [0.15, 0.2) is 42.5 Å². The Morgan fingerprint density at radius 2 is 1.85 bits per heavy atom. The van der Waals surface area contributed by atoms with E-state index in [4.69, 9.17) is 14.2 Å². The lowest BCUT2D eigenvalue weighted by Gasteiger charge is -2.13. The summed E-state index contributed by atoms with van der Waals surface area (Å²) < 4.78 is 16.3. The van der Waals surface area contributed by atoms with Crippen LogP contribution in [0.3, 0.4) is 0 Å². The fourth-order valence-corrected chi connectivity index (χ4v) is 3.08. The second-order valence-electron chi connectivity index (χ2n) is 7.15. The third-order valence-corrected chi connectivity index (χ3v) is 4.60. The van der Waals surface area contributed by atoms with Gasteiger partial charge in [0.1, 0.15) is 11.5 Å². The van der Waals surface area contributed by atoms with Crippen molar-refractivity contribution in [1.29, 1.82) is 0 Å². The fourth-order valence-electron chi connectivity index (χ4n) is 3.08. The first-order valence-electron chi connectivity index (χ1n) is 9.22. The molecule has 3 rings (SSSR count). The summed E-state index contributed by atoms with van der Waals surface area (Å²) >= 11 is 0. The minimum absolute atomic E-state index is 0.0186. The molecule has 0 aliphatic heterocycles. The molecule has 0 saturated heterocycles. The van der Waals surface area contributed by atoms with Crippen molar-refractivity contribution < 1.29 is 24.1 Å². The normalized spacial score (nSPS) is 18.3. The van der Waals surface area contributed by atoms with E-state index in [1.54, 1.807) is 0 Å². The Morgan fingerprint density at radius 3 is 2.48 bits per heavy atom. The molecule has 27 heavy (non-hydrogen) atoms. The summed E-state index contributed by atoms with van der Waals surface area (Å²) in [5, 5.41) is 9.51. The summed E-state index contributed by atoms with van der Waals surface area (Å²) in [6.07, 6.45) is 0.899. The van der Waals surface area contributed by atoms with Gasteiger partial charge in [0.05, 0.1) is 32.3 Å². The van der Waals surface area contributed by atoms with Crippen LogP contribution in [0.4, 0.5) is 0 Å². The molecule has 144 valence electrons. The molecule has 2 atom stereocenters. The van der Waals surface area contributed by atoms with Gasteiger partial charge in [0.15, 0.2) is 0 Å². The highest BCUT2D eigenvalue weighted by Gasteiger charge is 2.44. The molecule has 0 heterocycles. The highest BCUT2D eigenvalue weighted by Crippen LogP contribution is 2.39. The maximum absolute atomic E-state index is 11.4. The van der Waals surface area contributed by atoms with Crippen molar-refractivity contribution >= 4 is 5.97 Å². The summed E-state index contributed by atoms with van der Waals surface area (Å²) in [6.45, 7) is 4.43. The van der Waals surface area contributed by atoms with Gasteiger partial charge in [0, 0.05) is 5.92 Å². The molecule has 1 aliphatic rings. The summed E-state index contributed by atoms with van der Waals surface area (Å²) in [5.41, 5.74) is 2.81. The van der Waals surface area contributed by atoms with E-state index in [2.05, 4.69) is 0 Å². The van der Waals surface area contributed by atoms with Crippen molar-refractivity contribution in [2.24, 2.45) is 11.8 Å². The van der Waals surface area contributed by atoms with Crippen molar-refractivity contribution in [1.82, 2.24) is 0 Å². The average Bonchev–Trinajstić information content (AvgIpc) is 3.45. The number of hydrogen-bond donors (Lipinski definition) is 1. The van der Waals surface area contributed by atoms with Crippen LogP contribution < -0.4 is 9.47 Å². The van der Waals surface area contributed by atoms with Crippen LogP contribution >= 0.6 is 0 Å². The molecule has 1 aliphatic carbocycles. The predicted octanol–water partition coefficient (Wildman–Crippen LogP) is 3.82. The Morgan fingerprint density at radius 1 is 1.11 bits per heavy atom. The standard InChI is InChI=1S/C22H26O5/c1-14(2)27-20-9-15(12-23)8-17(10-20)16-4-6-19(7-5-16)26-13-18-11-21(18)22(24)25-3/h4-10,14,18,21,23H,11-13H2,1-3H3/t18-,21+/m0/s1. The average molecular weight is 370 g/mol. The van der Waals surface area contributed by atoms with Gasteiger partial charge in [-0.25, -0.2) is 0 Å². The molecular formula is C22H26O5. The smallest absolute Gasteiger partial charge is 0.309 e. The molecular weight excluding hydrogens is 344 g/mol. The zero-order chi connectivity index (χ0) is 19.4. The van der Waals surface area contributed by atoms with Crippen LogP contribution in [0.1, 0.15) is 25.8 Å². The van der Waals surface area contributed by atoms with Gasteiger partial charge in [-0.2, -0.15) is 0 Å². The van der Waals surface area contributed by atoms with E-state index in [1.807, 2.05) is 56.3 Å². The number of carbonyl (C=O) groups excluding carboxylic acids is 1. The van der Waals surface area contributed by atoms with Crippen molar-refractivity contribution in [2.75, 3.05) is 13.7 Å². The second kappa shape index (κ2) is 8.44. The van der Waals surface area contributed by atoms with Crippen LogP contribution in [0.2, 0.25) is 0 Å². The van der Waals surface area contributed by atoms with Gasteiger partial charge in [-0.3, -0.25) is 4.79 Å². The van der Waals surface area contributed by atoms with E-state index in [9.17, 15) is 9.90 Å². The monoisotopic (exact) mass is 370 g/mol. The summed E-state index contributed by atoms with van der Waals surface area (Å²) in [6, 6.07) is 13.6. The van der Waals surface area contributed by atoms with Crippen LogP contribution in [0.5, 0.6) is 11.5 Å². The van der Waals surface area contributed by atoms with E-state index in [1.165, 1.54) is 7.11 Å². The second-order valence-corrected chi connectivity index (χ2v) is 7.15. The van der Waals surface area contributed by atoms with Crippen LogP contribution in [-0.4, -0.2) is 30.9 Å². The number of methoxy groups -OCH3 is 1. The summed E-state index contributed by atoms with van der Waals surface area (Å²) in [7, 11) is 1.42. The topological polar surface area (TPSA) is 65.0 Å². The zero-order valence-corrected chi connectivity index (χ0v) is 16.0. The molecule has 0 amide bonds. The quantitative estimate of drug-likeness (QED) is 0.716. The van der Waals surface area contributed by atoms with Gasteiger partial charge in [-0.1, -0.05) is 12.1 Å². The lowest BCUT2D eigenvalue weighted by Crippen LogP contribution is -2.08. The van der Waals surface area contributed by atoms with E-state index >= 15 is 0 Å². The number of hydrogen-bond acceptors (Lipinski definition) is 5. The third-order valence-electron chi connectivity index (χ3n) is 4.60. The van der Waals surface area contributed by atoms with Gasteiger partial charge in [0.2, 0.25) is 0 Å². The molecule has 1 fully saturated rings.